The van der Waals surface area contributed by atoms with Crippen LogP contribution < -0.4 is 5.32 Å². The summed E-state index contributed by atoms with van der Waals surface area (Å²) in [5, 5.41) is 2.99. The zero-order chi connectivity index (χ0) is 18.9. The van der Waals surface area contributed by atoms with Gasteiger partial charge in [0.1, 0.15) is 0 Å². The summed E-state index contributed by atoms with van der Waals surface area (Å²) in [4.78, 5) is 0.135. The van der Waals surface area contributed by atoms with Crippen LogP contribution in [0.25, 0.3) is 0 Å². The van der Waals surface area contributed by atoms with Gasteiger partial charge in [0.05, 0.1) is 64.4 Å². The second-order valence-electron chi connectivity index (χ2n) is 5.14. The van der Waals surface area contributed by atoms with Crippen LogP contribution in [0.5, 0.6) is 0 Å². The quantitative estimate of drug-likeness (QED) is 0.306. The summed E-state index contributed by atoms with van der Waals surface area (Å²) >= 11 is 0. The number of benzene rings is 1. The fourth-order valence-corrected chi connectivity index (χ4v) is 2.71. The molecule has 0 aromatic heterocycles. The van der Waals surface area contributed by atoms with Gasteiger partial charge in [0.25, 0.3) is 10.1 Å². The molecule has 0 fully saturated rings. The lowest BCUT2D eigenvalue weighted by atomic mass is 10.4. The molecule has 1 rings (SSSR count). The van der Waals surface area contributed by atoms with Crippen LogP contribution in [0.3, 0.4) is 0 Å². The van der Waals surface area contributed by atoms with Gasteiger partial charge in [-0.3, -0.25) is 4.18 Å². The SMILES string of the molecule is CNCCOCCOCCOCCOCCOS(=O)(=O)c1ccccc1. The van der Waals surface area contributed by atoms with Crippen molar-refractivity contribution in [2.45, 2.75) is 4.90 Å². The summed E-state index contributed by atoms with van der Waals surface area (Å²) in [6.07, 6.45) is 0. The van der Waals surface area contributed by atoms with E-state index in [0.717, 1.165) is 6.54 Å². The van der Waals surface area contributed by atoms with Crippen molar-refractivity contribution < 1.29 is 31.5 Å². The predicted molar refractivity (Wildman–Crippen MR) is 96.8 cm³/mol. The van der Waals surface area contributed by atoms with Crippen molar-refractivity contribution >= 4 is 10.1 Å². The average molecular weight is 391 g/mol. The van der Waals surface area contributed by atoms with E-state index in [1.54, 1.807) is 18.2 Å². The molecular formula is C17H29NO7S. The van der Waals surface area contributed by atoms with E-state index in [1.807, 2.05) is 7.05 Å². The molecule has 0 aliphatic rings. The van der Waals surface area contributed by atoms with Gasteiger partial charge >= 0.3 is 0 Å². The van der Waals surface area contributed by atoms with Crippen molar-refractivity contribution in [2.24, 2.45) is 0 Å². The van der Waals surface area contributed by atoms with Crippen molar-refractivity contribution in [1.29, 1.82) is 0 Å². The van der Waals surface area contributed by atoms with E-state index in [9.17, 15) is 8.42 Å². The van der Waals surface area contributed by atoms with Crippen molar-refractivity contribution in [3.63, 3.8) is 0 Å². The van der Waals surface area contributed by atoms with Crippen LogP contribution in [-0.4, -0.2) is 81.5 Å². The Morgan fingerprint density at radius 2 is 1.19 bits per heavy atom. The molecule has 1 N–H and O–H groups in total. The maximum absolute atomic E-state index is 11.8. The van der Waals surface area contributed by atoms with Crippen LogP contribution in [0.1, 0.15) is 0 Å². The molecule has 0 heterocycles. The first kappa shape index (κ1) is 23.0. The van der Waals surface area contributed by atoms with E-state index >= 15 is 0 Å². The Bertz CT molecular complexity index is 539. The molecule has 150 valence electrons. The maximum Gasteiger partial charge on any atom is 0.297 e. The maximum atomic E-state index is 11.8. The van der Waals surface area contributed by atoms with Crippen LogP contribution in [0.2, 0.25) is 0 Å². The number of hydrogen-bond donors (Lipinski definition) is 1. The molecular weight excluding hydrogens is 362 g/mol. The summed E-state index contributed by atoms with van der Waals surface area (Å²) in [5.41, 5.74) is 0. The lowest BCUT2D eigenvalue weighted by Gasteiger charge is -2.08. The molecule has 8 nitrogen and oxygen atoms in total. The highest BCUT2D eigenvalue weighted by Gasteiger charge is 2.13. The zero-order valence-electron chi connectivity index (χ0n) is 15.2. The number of hydrogen-bond acceptors (Lipinski definition) is 8. The molecule has 0 bridgehead atoms. The Morgan fingerprint density at radius 3 is 1.69 bits per heavy atom. The molecule has 0 spiro atoms. The molecule has 1 aromatic carbocycles. The van der Waals surface area contributed by atoms with Gasteiger partial charge in [0, 0.05) is 6.54 Å². The van der Waals surface area contributed by atoms with Crippen LogP contribution in [0.15, 0.2) is 35.2 Å². The summed E-state index contributed by atoms with van der Waals surface area (Å²) in [6.45, 7) is 4.48. The number of nitrogens with one attached hydrogen (secondary N) is 1. The summed E-state index contributed by atoms with van der Waals surface area (Å²) < 4.78 is 49.8. The van der Waals surface area contributed by atoms with Gasteiger partial charge in [-0.2, -0.15) is 8.42 Å². The number of likely N-dealkylation sites (N-methyl/N-ethyl adjacent to an activating group) is 1. The van der Waals surface area contributed by atoms with Crippen molar-refractivity contribution in [2.75, 3.05) is 73.1 Å². The Kier molecular flexibility index (Phi) is 13.3. The molecule has 0 saturated carbocycles. The smallest absolute Gasteiger partial charge is 0.297 e. The molecule has 1 aromatic rings. The number of rotatable bonds is 17. The molecule has 0 saturated heterocycles. The zero-order valence-corrected chi connectivity index (χ0v) is 16.0. The van der Waals surface area contributed by atoms with E-state index in [0.29, 0.717) is 46.2 Å². The van der Waals surface area contributed by atoms with Gasteiger partial charge in [-0.25, -0.2) is 0 Å². The highest BCUT2D eigenvalue weighted by molar-refractivity contribution is 7.86. The minimum absolute atomic E-state index is 0.0338. The Balaban J connectivity index is 1.87. The molecule has 0 aliphatic heterocycles. The molecule has 9 heteroatoms. The first-order chi connectivity index (χ1) is 12.7. The fourth-order valence-electron chi connectivity index (χ4n) is 1.79. The molecule has 0 radical (unpaired) electrons. The molecule has 0 unspecified atom stereocenters. The van der Waals surface area contributed by atoms with Gasteiger partial charge in [-0.1, -0.05) is 18.2 Å². The average Bonchev–Trinajstić information content (AvgIpc) is 2.65. The van der Waals surface area contributed by atoms with Gasteiger partial charge in [-0.15, -0.1) is 0 Å². The Labute approximate surface area is 155 Å². The largest absolute Gasteiger partial charge is 0.378 e. The van der Waals surface area contributed by atoms with Crippen LogP contribution in [0.4, 0.5) is 0 Å². The predicted octanol–water partition coefficient (Wildman–Crippen LogP) is 0.678. The third-order valence-electron chi connectivity index (χ3n) is 3.11. The van der Waals surface area contributed by atoms with Gasteiger partial charge in [0.2, 0.25) is 0 Å². The highest BCUT2D eigenvalue weighted by Crippen LogP contribution is 2.10. The Hall–Kier alpha value is -1.07. The summed E-state index contributed by atoms with van der Waals surface area (Å²) in [7, 11) is -1.84. The minimum atomic E-state index is -3.72. The van der Waals surface area contributed by atoms with Crippen molar-refractivity contribution in [3.8, 4) is 0 Å². The van der Waals surface area contributed by atoms with Crippen LogP contribution in [-0.2, 0) is 33.2 Å². The minimum Gasteiger partial charge on any atom is -0.378 e. The van der Waals surface area contributed by atoms with Gasteiger partial charge in [-0.05, 0) is 19.2 Å². The van der Waals surface area contributed by atoms with Crippen LogP contribution in [0, 0.1) is 0 Å². The lowest BCUT2D eigenvalue weighted by Crippen LogP contribution is -2.17. The lowest BCUT2D eigenvalue weighted by molar-refractivity contribution is -0.00398. The topological polar surface area (TPSA) is 92.3 Å². The molecule has 0 atom stereocenters. The van der Waals surface area contributed by atoms with E-state index in [-0.39, 0.29) is 18.1 Å². The third-order valence-corrected chi connectivity index (χ3v) is 4.44. The van der Waals surface area contributed by atoms with E-state index in [2.05, 4.69) is 5.32 Å². The van der Waals surface area contributed by atoms with Crippen molar-refractivity contribution in [3.05, 3.63) is 30.3 Å². The summed E-state index contributed by atoms with van der Waals surface area (Å²) in [5.74, 6) is 0. The van der Waals surface area contributed by atoms with E-state index in [1.165, 1.54) is 12.1 Å². The van der Waals surface area contributed by atoms with Gasteiger partial charge < -0.3 is 24.3 Å². The summed E-state index contributed by atoms with van der Waals surface area (Å²) in [6, 6.07) is 8.00. The second kappa shape index (κ2) is 15.0. The van der Waals surface area contributed by atoms with E-state index in [4.69, 9.17) is 23.1 Å². The Morgan fingerprint density at radius 1 is 0.731 bits per heavy atom. The van der Waals surface area contributed by atoms with Crippen molar-refractivity contribution in [1.82, 2.24) is 5.32 Å². The molecule has 26 heavy (non-hydrogen) atoms. The highest BCUT2D eigenvalue weighted by atomic mass is 32.2. The normalized spacial score (nSPS) is 11.7. The fraction of sp³-hybridized carbons (Fsp3) is 0.647. The second-order valence-corrected chi connectivity index (χ2v) is 6.76. The van der Waals surface area contributed by atoms with E-state index < -0.39 is 10.1 Å². The standard InChI is InChI=1S/C17H29NO7S/c1-18-7-8-21-9-10-22-11-12-23-13-14-24-15-16-25-26(19,20)17-5-3-2-4-6-17/h2-6,18H,7-16H2,1H3. The first-order valence-electron chi connectivity index (χ1n) is 8.57. The molecule has 0 amide bonds. The third kappa shape index (κ3) is 11.5. The van der Waals surface area contributed by atoms with Crippen LogP contribution >= 0.6 is 0 Å². The first-order valence-corrected chi connectivity index (χ1v) is 9.97. The number of ether oxygens (including phenoxy) is 4. The van der Waals surface area contributed by atoms with Gasteiger partial charge in [0.15, 0.2) is 0 Å². The monoisotopic (exact) mass is 391 g/mol. The molecule has 0 aliphatic carbocycles.